The minimum atomic E-state index is 0.394. The lowest BCUT2D eigenvalue weighted by Gasteiger charge is -2.06. The number of hydrogen-bond acceptors (Lipinski definition) is 2. The van der Waals surface area contributed by atoms with E-state index in [4.69, 9.17) is 4.74 Å². The molecule has 1 N–H and O–H groups in total. The van der Waals surface area contributed by atoms with Crippen LogP contribution >= 0.6 is 15.9 Å². The Bertz CT molecular complexity index is 363. The smallest absolute Gasteiger partial charge is 0.133 e. The number of nitrogens with one attached hydrogen (secondary N) is 1. The number of likely N-dealkylation sites (N-methyl/N-ethyl adjacent to an activating group) is 1. The highest BCUT2D eigenvalue weighted by Gasteiger charge is 1.99. The first-order valence-electron chi connectivity index (χ1n) is 5.42. The molecule has 88 valence electrons. The van der Waals surface area contributed by atoms with Gasteiger partial charge in [0.1, 0.15) is 5.75 Å². The first kappa shape index (κ1) is 13.3. The summed E-state index contributed by atoms with van der Waals surface area (Å²) in [6.45, 7) is 5.23. The van der Waals surface area contributed by atoms with E-state index in [-0.39, 0.29) is 0 Å². The SMILES string of the molecule is CCNC(C)/C=C/c1ccc(OC)c(Br)c1. The van der Waals surface area contributed by atoms with Crippen molar-refractivity contribution in [2.45, 2.75) is 19.9 Å². The van der Waals surface area contributed by atoms with Crippen molar-refractivity contribution in [3.8, 4) is 5.75 Å². The van der Waals surface area contributed by atoms with Crippen LogP contribution in [0.15, 0.2) is 28.7 Å². The molecular formula is C13H18BrNO. The van der Waals surface area contributed by atoms with Gasteiger partial charge in [0.15, 0.2) is 0 Å². The molecule has 3 heteroatoms. The van der Waals surface area contributed by atoms with Crippen LogP contribution in [-0.2, 0) is 0 Å². The van der Waals surface area contributed by atoms with E-state index >= 15 is 0 Å². The predicted molar refractivity (Wildman–Crippen MR) is 72.9 cm³/mol. The summed E-state index contributed by atoms with van der Waals surface area (Å²) in [7, 11) is 1.67. The number of rotatable bonds is 5. The van der Waals surface area contributed by atoms with Crippen molar-refractivity contribution in [2.24, 2.45) is 0 Å². The van der Waals surface area contributed by atoms with E-state index in [1.807, 2.05) is 18.2 Å². The van der Waals surface area contributed by atoms with E-state index < -0.39 is 0 Å². The van der Waals surface area contributed by atoms with Gasteiger partial charge in [-0.05, 0) is 47.1 Å². The quantitative estimate of drug-likeness (QED) is 0.894. The van der Waals surface area contributed by atoms with Gasteiger partial charge in [0.05, 0.1) is 11.6 Å². The van der Waals surface area contributed by atoms with E-state index in [2.05, 4.69) is 47.2 Å². The van der Waals surface area contributed by atoms with Crippen LogP contribution in [0.1, 0.15) is 19.4 Å². The molecule has 1 rings (SSSR count). The summed E-state index contributed by atoms with van der Waals surface area (Å²) >= 11 is 3.47. The van der Waals surface area contributed by atoms with Crippen LogP contribution in [0.25, 0.3) is 6.08 Å². The maximum absolute atomic E-state index is 5.18. The lowest BCUT2D eigenvalue weighted by Crippen LogP contribution is -2.22. The zero-order valence-electron chi connectivity index (χ0n) is 9.96. The highest BCUT2D eigenvalue weighted by molar-refractivity contribution is 9.10. The fraction of sp³-hybridized carbons (Fsp3) is 0.385. The molecule has 2 nitrogen and oxygen atoms in total. The summed E-state index contributed by atoms with van der Waals surface area (Å²) in [6, 6.07) is 6.44. The van der Waals surface area contributed by atoms with Gasteiger partial charge in [0, 0.05) is 6.04 Å². The Morgan fingerprint density at radius 2 is 2.25 bits per heavy atom. The lowest BCUT2D eigenvalue weighted by atomic mass is 10.2. The molecule has 0 heterocycles. The van der Waals surface area contributed by atoms with Gasteiger partial charge in [-0.25, -0.2) is 0 Å². The third-order valence-corrected chi connectivity index (χ3v) is 2.90. The average Bonchev–Trinajstić information content (AvgIpc) is 2.27. The van der Waals surface area contributed by atoms with Crippen LogP contribution in [0.4, 0.5) is 0 Å². The normalized spacial score (nSPS) is 13.0. The third-order valence-electron chi connectivity index (χ3n) is 2.28. The van der Waals surface area contributed by atoms with Gasteiger partial charge in [-0.15, -0.1) is 0 Å². The summed E-state index contributed by atoms with van der Waals surface area (Å²) in [5, 5.41) is 3.33. The Labute approximate surface area is 106 Å². The molecule has 1 unspecified atom stereocenters. The number of methoxy groups -OCH3 is 1. The largest absolute Gasteiger partial charge is 0.496 e. The topological polar surface area (TPSA) is 21.3 Å². The zero-order valence-corrected chi connectivity index (χ0v) is 11.5. The second kappa shape index (κ2) is 6.71. The van der Waals surface area contributed by atoms with E-state index in [0.29, 0.717) is 6.04 Å². The van der Waals surface area contributed by atoms with Crippen LogP contribution < -0.4 is 10.1 Å². The van der Waals surface area contributed by atoms with Gasteiger partial charge in [0.25, 0.3) is 0 Å². The van der Waals surface area contributed by atoms with Gasteiger partial charge < -0.3 is 10.1 Å². The van der Waals surface area contributed by atoms with Gasteiger partial charge >= 0.3 is 0 Å². The van der Waals surface area contributed by atoms with Gasteiger partial charge in [-0.3, -0.25) is 0 Å². The second-order valence-corrected chi connectivity index (χ2v) is 4.45. The third kappa shape index (κ3) is 3.99. The summed E-state index contributed by atoms with van der Waals surface area (Å²) < 4.78 is 6.16. The van der Waals surface area contributed by atoms with E-state index in [1.54, 1.807) is 7.11 Å². The molecule has 1 aromatic rings. The van der Waals surface area contributed by atoms with Crippen molar-refractivity contribution in [2.75, 3.05) is 13.7 Å². The molecule has 16 heavy (non-hydrogen) atoms. The summed E-state index contributed by atoms with van der Waals surface area (Å²) in [6.07, 6.45) is 4.26. The van der Waals surface area contributed by atoms with Gasteiger partial charge in [-0.1, -0.05) is 25.1 Å². The molecule has 0 radical (unpaired) electrons. The van der Waals surface area contributed by atoms with Crippen LogP contribution in [0.5, 0.6) is 5.75 Å². The molecule has 0 saturated carbocycles. The van der Waals surface area contributed by atoms with Crippen molar-refractivity contribution >= 4 is 22.0 Å². The molecule has 1 atom stereocenters. The maximum Gasteiger partial charge on any atom is 0.133 e. The van der Waals surface area contributed by atoms with Gasteiger partial charge in [-0.2, -0.15) is 0 Å². The molecule has 0 aliphatic carbocycles. The maximum atomic E-state index is 5.18. The first-order valence-corrected chi connectivity index (χ1v) is 6.21. The molecule has 0 aliphatic rings. The van der Waals surface area contributed by atoms with Crippen molar-refractivity contribution < 1.29 is 4.74 Å². The number of benzene rings is 1. The molecule has 0 bridgehead atoms. The average molecular weight is 284 g/mol. The minimum absolute atomic E-state index is 0.394. The summed E-state index contributed by atoms with van der Waals surface area (Å²) in [5.41, 5.74) is 1.16. The van der Waals surface area contributed by atoms with Crippen LogP contribution in [-0.4, -0.2) is 19.7 Å². The Morgan fingerprint density at radius 1 is 1.50 bits per heavy atom. The van der Waals surface area contributed by atoms with Crippen molar-refractivity contribution in [3.63, 3.8) is 0 Å². The molecule has 0 amide bonds. The second-order valence-electron chi connectivity index (χ2n) is 3.60. The Kier molecular flexibility index (Phi) is 5.56. The summed E-state index contributed by atoms with van der Waals surface area (Å²) in [4.78, 5) is 0. The van der Waals surface area contributed by atoms with Crippen LogP contribution in [0.3, 0.4) is 0 Å². The molecule has 0 fully saturated rings. The van der Waals surface area contributed by atoms with E-state index in [9.17, 15) is 0 Å². The fourth-order valence-corrected chi connectivity index (χ4v) is 1.99. The Balaban J connectivity index is 2.71. The van der Waals surface area contributed by atoms with Crippen LogP contribution in [0, 0.1) is 0 Å². The van der Waals surface area contributed by atoms with E-state index in [0.717, 1.165) is 22.3 Å². The van der Waals surface area contributed by atoms with Crippen LogP contribution in [0.2, 0.25) is 0 Å². The Morgan fingerprint density at radius 3 is 2.81 bits per heavy atom. The fourth-order valence-electron chi connectivity index (χ4n) is 1.43. The minimum Gasteiger partial charge on any atom is -0.496 e. The van der Waals surface area contributed by atoms with Crippen molar-refractivity contribution in [1.29, 1.82) is 0 Å². The van der Waals surface area contributed by atoms with Crippen molar-refractivity contribution in [1.82, 2.24) is 5.32 Å². The molecule has 0 aliphatic heterocycles. The highest BCUT2D eigenvalue weighted by Crippen LogP contribution is 2.25. The molecular weight excluding hydrogens is 266 g/mol. The highest BCUT2D eigenvalue weighted by atomic mass is 79.9. The number of hydrogen-bond donors (Lipinski definition) is 1. The first-order chi connectivity index (χ1) is 7.67. The zero-order chi connectivity index (χ0) is 12.0. The molecule has 0 saturated heterocycles. The van der Waals surface area contributed by atoms with E-state index in [1.165, 1.54) is 0 Å². The summed E-state index contributed by atoms with van der Waals surface area (Å²) in [5.74, 6) is 0.858. The number of halogens is 1. The monoisotopic (exact) mass is 283 g/mol. The van der Waals surface area contributed by atoms with Crippen molar-refractivity contribution in [3.05, 3.63) is 34.3 Å². The molecule has 0 aromatic heterocycles. The molecule has 1 aromatic carbocycles. The standard InChI is InChI=1S/C13H18BrNO/c1-4-15-10(2)5-6-11-7-8-13(16-3)12(14)9-11/h5-10,15H,4H2,1-3H3/b6-5+. The predicted octanol–water partition coefficient (Wildman–Crippen LogP) is 3.47. The molecule has 0 spiro atoms. The lowest BCUT2D eigenvalue weighted by molar-refractivity contribution is 0.412. The number of ether oxygens (including phenoxy) is 1. The van der Waals surface area contributed by atoms with Gasteiger partial charge in [0.2, 0.25) is 0 Å². The Hall–Kier alpha value is -0.800.